The molecule has 0 fully saturated rings. The minimum Gasteiger partial charge on any atom is -0.478 e. The van der Waals surface area contributed by atoms with Gasteiger partial charge < -0.3 is 19.9 Å². The Hall–Kier alpha value is -3.95. The summed E-state index contributed by atoms with van der Waals surface area (Å²) < 4.78 is 9.73. The van der Waals surface area contributed by atoms with Crippen LogP contribution in [0, 0.1) is 10.1 Å². The maximum atomic E-state index is 12.1. The molecule has 1 amide bonds. The van der Waals surface area contributed by atoms with Crippen molar-refractivity contribution in [2.75, 3.05) is 19.0 Å². The molecule has 0 aliphatic carbocycles. The number of anilines is 1. The number of carbonyl (C=O) groups excluding carboxylic acids is 2. The minimum atomic E-state index is -1.30. The molecule has 0 unspecified atom stereocenters. The lowest BCUT2D eigenvalue weighted by Crippen LogP contribution is -2.22. The van der Waals surface area contributed by atoms with Gasteiger partial charge in [0.25, 0.3) is 5.91 Å². The first-order valence-corrected chi connectivity index (χ1v) is 7.45. The van der Waals surface area contributed by atoms with Gasteiger partial charge in [-0.3, -0.25) is 14.9 Å². The largest absolute Gasteiger partial charge is 0.478 e. The molecule has 0 spiro atoms. The second kappa shape index (κ2) is 8.43. The first kappa shape index (κ1) is 19.4. The van der Waals surface area contributed by atoms with E-state index in [2.05, 4.69) is 10.1 Å². The number of carboxylic acids is 1. The van der Waals surface area contributed by atoms with Crippen LogP contribution in [0.1, 0.15) is 20.7 Å². The number of nitro groups is 1. The topological polar surface area (TPSA) is 145 Å². The summed E-state index contributed by atoms with van der Waals surface area (Å²) in [5.74, 6) is -3.03. The molecule has 10 nitrogen and oxygen atoms in total. The number of hydrogen-bond acceptors (Lipinski definition) is 7. The Labute approximate surface area is 152 Å². The number of carbonyl (C=O) groups is 3. The van der Waals surface area contributed by atoms with Crippen molar-refractivity contribution in [1.82, 2.24) is 0 Å². The summed E-state index contributed by atoms with van der Waals surface area (Å²) in [5, 5.41) is 22.4. The molecule has 2 rings (SSSR count). The first-order chi connectivity index (χ1) is 12.8. The number of para-hydroxylation sites is 1. The first-order valence-electron chi connectivity index (χ1n) is 7.45. The standard InChI is InChI=1S/C17H14N2O8/c1-26-17(23)11-4-2-3-5-12(11)18-15(20)9-27-14-8-10(16(21)22)6-7-13(14)19(24)25/h2-8H,9H2,1H3,(H,18,20)(H,21,22). The molecule has 0 atom stereocenters. The zero-order chi connectivity index (χ0) is 20.0. The van der Waals surface area contributed by atoms with Crippen molar-refractivity contribution in [2.24, 2.45) is 0 Å². The Morgan fingerprint density at radius 2 is 1.89 bits per heavy atom. The monoisotopic (exact) mass is 374 g/mol. The van der Waals surface area contributed by atoms with E-state index >= 15 is 0 Å². The summed E-state index contributed by atoms with van der Waals surface area (Å²) in [6.45, 7) is -0.639. The lowest BCUT2D eigenvalue weighted by molar-refractivity contribution is -0.385. The fraction of sp³-hybridized carbons (Fsp3) is 0.118. The molecule has 0 saturated carbocycles. The lowest BCUT2D eigenvalue weighted by atomic mass is 10.2. The second-order valence-corrected chi connectivity index (χ2v) is 5.12. The fourth-order valence-electron chi connectivity index (χ4n) is 2.12. The van der Waals surface area contributed by atoms with Gasteiger partial charge in [0.1, 0.15) is 0 Å². The number of aromatic carboxylic acids is 1. The van der Waals surface area contributed by atoms with Crippen molar-refractivity contribution in [3.8, 4) is 5.75 Å². The number of hydrogen-bond donors (Lipinski definition) is 2. The zero-order valence-electron chi connectivity index (χ0n) is 14.0. The summed E-state index contributed by atoms with van der Waals surface area (Å²) >= 11 is 0. The number of amides is 1. The minimum absolute atomic E-state index is 0.118. The van der Waals surface area contributed by atoms with Crippen molar-refractivity contribution in [1.29, 1.82) is 0 Å². The maximum absolute atomic E-state index is 12.1. The highest BCUT2D eigenvalue weighted by Gasteiger charge is 2.19. The second-order valence-electron chi connectivity index (χ2n) is 5.12. The Kier molecular flexibility index (Phi) is 6.05. The van der Waals surface area contributed by atoms with Crippen LogP contribution in [0.25, 0.3) is 0 Å². The SMILES string of the molecule is COC(=O)c1ccccc1NC(=O)COc1cc(C(=O)O)ccc1[N+](=O)[O-]. The molecule has 2 N–H and O–H groups in total. The van der Waals surface area contributed by atoms with Gasteiger partial charge in [-0.05, 0) is 18.2 Å². The van der Waals surface area contributed by atoms with Gasteiger partial charge in [-0.2, -0.15) is 0 Å². The Bertz CT molecular complexity index is 910. The van der Waals surface area contributed by atoms with E-state index in [9.17, 15) is 24.5 Å². The molecule has 2 aromatic carbocycles. The number of benzene rings is 2. The van der Waals surface area contributed by atoms with E-state index in [-0.39, 0.29) is 22.6 Å². The van der Waals surface area contributed by atoms with Crippen LogP contribution in [-0.2, 0) is 9.53 Å². The summed E-state index contributed by atoms with van der Waals surface area (Å²) in [5.41, 5.74) is -0.422. The van der Waals surface area contributed by atoms with Gasteiger partial charge in [0, 0.05) is 12.1 Å². The van der Waals surface area contributed by atoms with Crippen LogP contribution in [0.4, 0.5) is 11.4 Å². The van der Waals surface area contributed by atoms with Crippen LogP contribution in [0.3, 0.4) is 0 Å². The van der Waals surface area contributed by atoms with Crippen molar-refractivity contribution in [2.45, 2.75) is 0 Å². The van der Waals surface area contributed by atoms with Crippen molar-refractivity contribution in [3.63, 3.8) is 0 Å². The smallest absolute Gasteiger partial charge is 0.339 e. The number of carboxylic acid groups (broad SMARTS) is 1. The number of rotatable bonds is 7. The average molecular weight is 374 g/mol. The number of nitro benzene ring substituents is 1. The molecular weight excluding hydrogens is 360 g/mol. The van der Waals surface area contributed by atoms with Crippen molar-refractivity contribution >= 4 is 29.2 Å². The van der Waals surface area contributed by atoms with Crippen molar-refractivity contribution < 1.29 is 33.9 Å². The normalized spacial score (nSPS) is 9.96. The summed E-state index contributed by atoms with van der Waals surface area (Å²) in [6.07, 6.45) is 0. The molecule has 27 heavy (non-hydrogen) atoms. The molecule has 2 aromatic rings. The van der Waals surface area contributed by atoms with Gasteiger partial charge in [0.15, 0.2) is 12.4 Å². The Balaban J connectivity index is 2.15. The Morgan fingerprint density at radius 3 is 2.52 bits per heavy atom. The molecule has 0 saturated heterocycles. The van der Waals surface area contributed by atoms with E-state index in [4.69, 9.17) is 9.84 Å². The summed E-state index contributed by atoms with van der Waals surface area (Å²) in [6, 6.07) is 9.07. The molecule has 0 radical (unpaired) electrons. The lowest BCUT2D eigenvalue weighted by Gasteiger charge is -2.11. The summed E-state index contributed by atoms with van der Waals surface area (Å²) in [4.78, 5) is 45.0. The molecule has 10 heteroatoms. The van der Waals surface area contributed by atoms with Gasteiger partial charge in [0.05, 0.1) is 28.8 Å². The van der Waals surface area contributed by atoms with Crippen LogP contribution in [0.2, 0.25) is 0 Å². The quantitative estimate of drug-likeness (QED) is 0.426. The third-order valence-corrected chi connectivity index (χ3v) is 3.37. The molecule has 140 valence electrons. The van der Waals surface area contributed by atoms with E-state index in [1.807, 2.05) is 0 Å². The highest BCUT2D eigenvalue weighted by atomic mass is 16.6. The number of nitrogens with one attached hydrogen (secondary N) is 1. The number of nitrogens with zero attached hydrogens (tertiary/aromatic N) is 1. The highest BCUT2D eigenvalue weighted by Crippen LogP contribution is 2.28. The zero-order valence-corrected chi connectivity index (χ0v) is 14.0. The van der Waals surface area contributed by atoms with Crippen LogP contribution >= 0.6 is 0 Å². The van der Waals surface area contributed by atoms with E-state index in [0.717, 1.165) is 18.2 Å². The van der Waals surface area contributed by atoms with Crippen LogP contribution in [0.15, 0.2) is 42.5 Å². The van der Waals surface area contributed by atoms with E-state index in [0.29, 0.717) is 0 Å². The molecule has 0 aromatic heterocycles. The van der Waals surface area contributed by atoms with Crippen LogP contribution in [-0.4, -0.2) is 41.6 Å². The molecule has 0 heterocycles. The van der Waals surface area contributed by atoms with E-state index in [1.54, 1.807) is 12.1 Å². The van der Waals surface area contributed by atoms with Crippen molar-refractivity contribution in [3.05, 3.63) is 63.7 Å². The van der Waals surface area contributed by atoms with Crippen LogP contribution < -0.4 is 10.1 Å². The fourth-order valence-corrected chi connectivity index (χ4v) is 2.12. The number of esters is 1. The van der Waals surface area contributed by atoms with E-state index < -0.39 is 35.1 Å². The number of methoxy groups -OCH3 is 1. The maximum Gasteiger partial charge on any atom is 0.339 e. The predicted molar refractivity (Wildman–Crippen MR) is 92.0 cm³/mol. The third kappa shape index (κ3) is 4.78. The predicted octanol–water partition coefficient (Wildman–Crippen LogP) is 2.10. The van der Waals surface area contributed by atoms with E-state index in [1.165, 1.54) is 19.2 Å². The molecular formula is C17H14N2O8. The average Bonchev–Trinajstić information content (AvgIpc) is 2.65. The van der Waals surface area contributed by atoms with Gasteiger partial charge >= 0.3 is 17.6 Å². The van der Waals surface area contributed by atoms with Gasteiger partial charge in [-0.25, -0.2) is 9.59 Å². The van der Waals surface area contributed by atoms with Gasteiger partial charge in [0.2, 0.25) is 0 Å². The molecule has 0 aliphatic heterocycles. The molecule has 0 aliphatic rings. The van der Waals surface area contributed by atoms with Gasteiger partial charge in [-0.15, -0.1) is 0 Å². The summed E-state index contributed by atoms with van der Waals surface area (Å²) in [7, 11) is 1.19. The van der Waals surface area contributed by atoms with Gasteiger partial charge in [-0.1, -0.05) is 12.1 Å². The Morgan fingerprint density at radius 1 is 1.19 bits per heavy atom. The highest BCUT2D eigenvalue weighted by molar-refractivity contribution is 6.01. The number of ether oxygens (including phenoxy) is 2. The third-order valence-electron chi connectivity index (χ3n) is 3.37. The molecule has 0 bridgehead atoms. The van der Waals surface area contributed by atoms with Crippen LogP contribution in [0.5, 0.6) is 5.75 Å².